The highest BCUT2D eigenvalue weighted by molar-refractivity contribution is 6.30. The van der Waals surface area contributed by atoms with Crippen LogP contribution in [0.4, 0.5) is 0 Å². The second kappa shape index (κ2) is 6.60. The lowest BCUT2D eigenvalue weighted by Crippen LogP contribution is -2.08. The lowest BCUT2D eigenvalue weighted by Gasteiger charge is -2.18. The Bertz CT molecular complexity index is 636. The molecule has 0 fully saturated rings. The average Bonchev–Trinajstić information content (AvgIpc) is 2.53. The van der Waals surface area contributed by atoms with Crippen LogP contribution in [0.1, 0.15) is 17.2 Å². The van der Waals surface area contributed by atoms with Gasteiger partial charge in [0.15, 0.2) is 0 Å². The van der Waals surface area contributed by atoms with E-state index in [-0.39, 0.29) is 22.6 Å². The van der Waals surface area contributed by atoms with E-state index in [2.05, 4.69) is 9.97 Å². The fourth-order valence-electron chi connectivity index (χ4n) is 1.93. The van der Waals surface area contributed by atoms with Crippen molar-refractivity contribution in [3.63, 3.8) is 0 Å². The Balaban J connectivity index is 2.55. The van der Waals surface area contributed by atoms with Gasteiger partial charge in [0, 0.05) is 5.56 Å². The van der Waals surface area contributed by atoms with Gasteiger partial charge in [-0.15, -0.1) is 0 Å². The van der Waals surface area contributed by atoms with Gasteiger partial charge in [0.25, 0.3) is 0 Å². The summed E-state index contributed by atoms with van der Waals surface area (Å²) in [5.74, 6) is 0.671. The molecule has 2 rings (SSSR count). The van der Waals surface area contributed by atoms with Crippen LogP contribution in [0, 0.1) is 0 Å². The summed E-state index contributed by atoms with van der Waals surface area (Å²) in [6, 6.07) is 7.12. The Kier molecular flexibility index (Phi) is 4.82. The van der Waals surface area contributed by atoms with E-state index in [1.54, 1.807) is 24.3 Å². The van der Waals surface area contributed by atoms with Crippen molar-refractivity contribution in [2.45, 2.75) is 6.10 Å². The lowest BCUT2D eigenvalue weighted by atomic mass is 10.0. The Morgan fingerprint density at radius 3 is 2.38 bits per heavy atom. The molecule has 1 aromatic carbocycles. The number of para-hydroxylation sites is 1. The van der Waals surface area contributed by atoms with Crippen LogP contribution in [0.2, 0.25) is 5.15 Å². The van der Waals surface area contributed by atoms with Gasteiger partial charge in [-0.3, -0.25) is 0 Å². The van der Waals surface area contributed by atoms with Crippen LogP contribution in [0.25, 0.3) is 0 Å². The smallest absolute Gasteiger partial charge is 0.320 e. The molecule has 1 unspecified atom stereocenters. The van der Waals surface area contributed by atoms with E-state index in [0.717, 1.165) is 0 Å². The third kappa shape index (κ3) is 3.01. The first-order valence-electron chi connectivity index (χ1n) is 6.08. The monoisotopic (exact) mass is 310 g/mol. The minimum atomic E-state index is -1.09. The summed E-state index contributed by atoms with van der Waals surface area (Å²) in [5, 5.41) is 10.6. The van der Waals surface area contributed by atoms with Gasteiger partial charge >= 0.3 is 6.01 Å². The van der Waals surface area contributed by atoms with Crippen LogP contribution >= 0.6 is 11.6 Å². The van der Waals surface area contributed by atoms with E-state index in [9.17, 15) is 5.11 Å². The molecule has 21 heavy (non-hydrogen) atoms. The van der Waals surface area contributed by atoms with Gasteiger partial charge < -0.3 is 19.3 Å². The number of hydrogen-bond acceptors (Lipinski definition) is 6. The van der Waals surface area contributed by atoms with Gasteiger partial charge in [-0.05, 0) is 6.07 Å². The van der Waals surface area contributed by atoms with Crippen LogP contribution in [-0.2, 0) is 0 Å². The summed E-state index contributed by atoms with van der Waals surface area (Å²) in [6.07, 6.45) is -1.09. The van der Waals surface area contributed by atoms with Crippen LogP contribution in [0.5, 0.6) is 17.6 Å². The van der Waals surface area contributed by atoms with Crippen LogP contribution in [0.3, 0.4) is 0 Å². The highest BCUT2D eigenvalue weighted by Gasteiger charge is 2.25. The molecule has 2 aromatic rings. The first-order chi connectivity index (χ1) is 10.1. The predicted molar refractivity (Wildman–Crippen MR) is 77.2 cm³/mol. The fourth-order valence-corrected chi connectivity index (χ4v) is 2.19. The molecule has 0 amide bonds. The van der Waals surface area contributed by atoms with Crippen molar-refractivity contribution in [2.24, 2.45) is 0 Å². The predicted octanol–water partition coefficient (Wildman–Crippen LogP) is 2.24. The minimum Gasteiger partial charge on any atom is -0.496 e. The Hall–Kier alpha value is -2.05. The Morgan fingerprint density at radius 1 is 1.05 bits per heavy atom. The average molecular weight is 311 g/mol. The van der Waals surface area contributed by atoms with Crippen molar-refractivity contribution in [1.82, 2.24) is 9.97 Å². The van der Waals surface area contributed by atoms with Crippen molar-refractivity contribution in [3.05, 3.63) is 40.5 Å². The van der Waals surface area contributed by atoms with Crippen LogP contribution in [0.15, 0.2) is 24.3 Å². The molecule has 0 saturated heterocycles. The number of ether oxygens (including phenoxy) is 3. The van der Waals surface area contributed by atoms with Gasteiger partial charge in [0.1, 0.15) is 17.0 Å². The summed E-state index contributed by atoms with van der Waals surface area (Å²) in [4.78, 5) is 7.99. The number of halogens is 1. The summed E-state index contributed by atoms with van der Waals surface area (Å²) in [6.45, 7) is 0. The standard InChI is InChI=1S/C14H15ClN2O4/c1-19-9-7-5-4-6-8(9)11(18)10-12(15)16-14(21-3)17-13(10)20-2/h4-7,11,18H,1-3H3. The number of hydrogen-bond donors (Lipinski definition) is 1. The Labute approximate surface area is 127 Å². The SMILES string of the molecule is COc1nc(Cl)c(C(O)c2ccccc2OC)c(OC)n1. The summed E-state index contributed by atoms with van der Waals surface area (Å²) in [5.41, 5.74) is 0.790. The van der Waals surface area contributed by atoms with Crippen molar-refractivity contribution in [3.8, 4) is 17.6 Å². The quantitative estimate of drug-likeness (QED) is 0.854. The molecule has 6 nitrogen and oxygen atoms in total. The third-order valence-electron chi connectivity index (χ3n) is 2.93. The number of rotatable bonds is 5. The minimum absolute atomic E-state index is 0.0529. The molecule has 1 atom stereocenters. The highest BCUT2D eigenvalue weighted by atomic mass is 35.5. The van der Waals surface area contributed by atoms with E-state index in [4.69, 9.17) is 25.8 Å². The molecule has 7 heteroatoms. The molecule has 0 spiro atoms. The van der Waals surface area contributed by atoms with Gasteiger partial charge in [-0.2, -0.15) is 9.97 Å². The maximum atomic E-state index is 10.6. The molecular weight excluding hydrogens is 296 g/mol. The van der Waals surface area contributed by atoms with Crippen molar-refractivity contribution in [2.75, 3.05) is 21.3 Å². The summed E-state index contributed by atoms with van der Waals surface area (Å²) in [7, 11) is 4.37. The molecule has 0 aliphatic heterocycles. The van der Waals surface area contributed by atoms with E-state index in [1.165, 1.54) is 21.3 Å². The molecule has 0 aliphatic rings. The van der Waals surface area contributed by atoms with Crippen molar-refractivity contribution >= 4 is 11.6 Å². The van der Waals surface area contributed by atoms with E-state index in [0.29, 0.717) is 11.3 Å². The van der Waals surface area contributed by atoms with E-state index >= 15 is 0 Å². The number of aliphatic hydroxyl groups excluding tert-OH is 1. The molecule has 0 radical (unpaired) electrons. The normalized spacial score (nSPS) is 11.9. The molecule has 1 heterocycles. The lowest BCUT2D eigenvalue weighted by molar-refractivity contribution is 0.206. The Morgan fingerprint density at radius 2 is 1.76 bits per heavy atom. The molecule has 0 aliphatic carbocycles. The number of aromatic nitrogens is 2. The number of aliphatic hydroxyl groups is 1. The number of methoxy groups -OCH3 is 3. The zero-order valence-electron chi connectivity index (χ0n) is 11.8. The first-order valence-corrected chi connectivity index (χ1v) is 6.46. The maximum absolute atomic E-state index is 10.6. The van der Waals surface area contributed by atoms with E-state index < -0.39 is 6.10 Å². The molecule has 0 saturated carbocycles. The zero-order chi connectivity index (χ0) is 15.4. The first kappa shape index (κ1) is 15.3. The molecule has 1 aromatic heterocycles. The van der Waals surface area contributed by atoms with Gasteiger partial charge in [-0.25, -0.2) is 0 Å². The van der Waals surface area contributed by atoms with Crippen molar-refractivity contribution < 1.29 is 19.3 Å². The zero-order valence-corrected chi connectivity index (χ0v) is 12.6. The number of nitrogens with zero attached hydrogens (tertiary/aromatic N) is 2. The summed E-state index contributed by atoms with van der Waals surface area (Å²) < 4.78 is 15.3. The number of benzene rings is 1. The highest BCUT2D eigenvalue weighted by Crippen LogP contribution is 2.37. The third-order valence-corrected chi connectivity index (χ3v) is 3.21. The topological polar surface area (TPSA) is 73.7 Å². The maximum Gasteiger partial charge on any atom is 0.320 e. The van der Waals surface area contributed by atoms with Crippen LogP contribution < -0.4 is 14.2 Å². The fraction of sp³-hybridized carbons (Fsp3) is 0.286. The largest absolute Gasteiger partial charge is 0.496 e. The van der Waals surface area contributed by atoms with E-state index in [1.807, 2.05) is 0 Å². The second-order valence-corrected chi connectivity index (χ2v) is 4.43. The van der Waals surface area contributed by atoms with Gasteiger partial charge in [0.05, 0.1) is 26.9 Å². The van der Waals surface area contributed by atoms with Gasteiger partial charge in [-0.1, -0.05) is 29.8 Å². The molecule has 0 bridgehead atoms. The second-order valence-electron chi connectivity index (χ2n) is 4.07. The molecular formula is C14H15ClN2O4. The van der Waals surface area contributed by atoms with Gasteiger partial charge in [0.2, 0.25) is 5.88 Å². The molecule has 1 N–H and O–H groups in total. The van der Waals surface area contributed by atoms with Crippen molar-refractivity contribution in [1.29, 1.82) is 0 Å². The van der Waals surface area contributed by atoms with Crippen LogP contribution in [-0.4, -0.2) is 36.4 Å². The molecule has 112 valence electrons. The summed E-state index contributed by atoms with van der Waals surface area (Å²) >= 11 is 6.12.